The molecule has 2 N–H and O–H groups in total. The first-order valence-corrected chi connectivity index (χ1v) is 10.9. The number of carbonyl (C=O) groups is 2. The van der Waals surface area contributed by atoms with Crippen molar-refractivity contribution in [2.24, 2.45) is 4.99 Å². The number of carbonyl (C=O) groups excluding carboxylic acids is 1. The van der Waals surface area contributed by atoms with Crippen LogP contribution in [-0.4, -0.2) is 39.5 Å². The van der Waals surface area contributed by atoms with Crippen molar-refractivity contribution in [1.29, 1.82) is 0 Å². The standard InChI is InChI=1S/C23H17FN2O5S2/c1-31-22(30)19-15(14-10-13(24)7-8-16(14)25-19)11-18-20(27)26(23(32)33-18)17(21(28)29)9-12-5-3-2-4-6-12/h2-8,10-11,17,27H,9H2,1H3,(H,28,29)/b15-11+. The van der Waals surface area contributed by atoms with Crippen LogP contribution in [0.1, 0.15) is 22.0 Å². The summed E-state index contributed by atoms with van der Waals surface area (Å²) < 4.78 is 20.0. The maximum absolute atomic E-state index is 13.9. The Morgan fingerprint density at radius 2 is 2.00 bits per heavy atom. The molecule has 1 aromatic heterocycles. The lowest BCUT2D eigenvalue weighted by Gasteiger charge is -2.15. The van der Waals surface area contributed by atoms with Gasteiger partial charge in [0.15, 0.2) is 9.67 Å². The first-order chi connectivity index (χ1) is 15.8. The minimum absolute atomic E-state index is 0.0533. The molecule has 0 aliphatic carbocycles. The summed E-state index contributed by atoms with van der Waals surface area (Å²) in [7, 11) is 1.20. The van der Waals surface area contributed by atoms with Gasteiger partial charge in [-0.05, 0) is 42.1 Å². The molecule has 1 aliphatic heterocycles. The molecule has 0 bridgehead atoms. The highest BCUT2D eigenvalue weighted by Gasteiger charge is 2.30. The van der Waals surface area contributed by atoms with Crippen LogP contribution >= 0.6 is 23.6 Å². The third-order valence-electron chi connectivity index (χ3n) is 5.10. The van der Waals surface area contributed by atoms with Gasteiger partial charge in [-0.15, -0.1) is 11.3 Å². The molecule has 0 fully saturated rings. The minimum atomic E-state index is -1.16. The lowest BCUT2D eigenvalue weighted by atomic mass is 10.0. The molecule has 0 saturated heterocycles. The van der Waals surface area contributed by atoms with E-state index in [1.54, 1.807) is 24.3 Å². The maximum Gasteiger partial charge on any atom is 0.357 e. The number of thiazole rings is 1. The van der Waals surface area contributed by atoms with Gasteiger partial charge in [-0.2, -0.15) is 0 Å². The summed E-state index contributed by atoms with van der Waals surface area (Å²) >= 11 is 6.33. The number of hydrogen-bond acceptors (Lipinski definition) is 7. The fraction of sp³-hybridized carbons (Fsp3) is 0.130. The SMILES string of the molecule is COC(=O)C1=Nc2ccc(F)cc2/C1=C\c1sc(=S)n(C(Cc2ccccc2)C(=O)O)c1O. The second kappa shape index (κ2) is 9.08. The zero-order valence-electron chi connectivity index (χ0n) is 17.2. The number of aromatic hydroxyl groups is 1. The molecule has 168 valence electrons. The van der Waals surface area contributed by atoms with E-state index in [1.807, 2.05) is 6.07 Å². The predicted molar refractivity (Wildman–Crippen MR) is 125 cm³/mol. The van der Waals surface area contributed by atoms with E-state index in [2.05, 4.69) is 4.99 Å². The number of fused-ring (bicyclic) bond motifs is 1. The van der Waals surface area contributed by atoms with E-state index < -0.39 is 23.8 Å². The number of carboxylic acid groups (broad SMARTS) is 1. The Hall–Kier alpha value is -3.63. The maximum atomic E-state index is 13.9. The molecule has 0 amide bonds. The lowest BCUT2D eigenvalue weighted by molar-refractivity contribution is -0.141. The van der Waals surface area contributed by atoms with Gasteiger partial charge in [0, 0.05) is 17.6 Å². The minimum Gasteiger partial charge on any atom is -0.493 e. The topological polar surface area (TPSA) is 101 Å². The zero-order chi connectivity index (χ0) is 23.7. The quantitative estimate of drug-likeness (QED) is 0.385. The number of benzene rings is 2. The van der Waals surface area contributed by atoms with E-state index in [4.69, 9.17) is 17.0 Å². The Balaban J connectivity index is 1.81. The number of aliphatic imine (C=N–C) groups is 1. The summed E-state index contributed by atoms with van der Waals surface area (Å²) in [6, 6.07) is 11.7. The van der Waals surface area contributed by atoms with Gasteiger partial charge in [-0.25, -0.2) is 19.0 Å². The Labute approximate surface area is 196 Å². The largest absolute Gasteiger partial charge is 0.493 e. The molecular weight excluding hydrogens is 467 g/mol. The molecule has 7 nitrogen and oxygen atoms in total. The first kappa shape index (κ1) is 22.6. The molecule has 0 spiro atoms. The van der Waals surface area contributed by atoms with Crippen LogP contribution in [0.2, 0.25) is 0 Å². The highest BCUT2D eigenvalue weighted by Crippen LogP contribution is 2.40. The van der Waals surface area contributed by atoms with Crippen LogP contribution in [-0.2, 0) is 20.7 Å². The second-order valence-corrected chi connectivity index (χ2v) is 8.82. The summed E-state index contributed by atoms with van der Waals surface area (Å²) in [5, 5.41) is 20.7. The molecule has 1 unspecified atom stereocenters. The lowest BCUT2D eigenvalue weighted by Crippen LogP contribution is -2.21. The average molecular weight is 485 g/mol. The first-order valence-electron chi connectivity index (χ1n) is 9.70. The van der Waals surface area contributed by atoms with Crippen LogP contribution < -0.4 is 0 Å². The number of methoxy groups -OCH3 is 1. The van der Waals surface area contributed by atoms with Crippen LogP contribution in [0.5, 0.6) is 5.88 Å². The van der Waals surface area contributed by atoms with Gasteiger partial charge < -0.3 is 14.9 Å². The number of ether oxygens (including phenoxy) is 1. The van der Waals surface area contributed by atoms with Gasteiger partial charge in [-0.1, -0.05) is 30.3 Å². The van der Waals surface area contributed by atoms with E-state index >= 15 is 0 Å². The number of rotatable bonds is 6. The van der Waals surface area contributed by atoms with E-state index in [0.29, 0.717) is 11.3 Å². The second-order valence-electron chi connectivity index (χ2n) is 7.14. The molecule has 0 saturated carbocycles. The Bertz CT molecular complexity index is 1380. The highest BCUT2D eigenvalue weighted by molar-refractivity contribution is 7.73. The molecule has 3 aromatic rings. The molecule has 33 heavy (non-hydrogen) atoms. The Kier molecular flexibility index (Phi) is 6.21. The molecule has 2 heterocycles. The van der Waals surface area contributed by atoms with Crippen LogP contribution in [0.3, 0.4) is 0 Å². The van der Waals surface area contributed by atoms with E-state index in [-0.39, 0.29) is 32.4 Å². The van der Waals surface area contributed by atoms with Gasteiger partial charge in [-0.3, -0.25) is 4.57 Å². The van der Waals surface area contributed by atoms with Gasteiger partial charge in [0.05, 0.1) is 17.7 Å². The van der Waals surface area contributed by atoms with Crippen LogP contribution in [0.15, 0.2) is 53.5 Å². The zero-order valence-corrected chi connectivity index (χ0v) is 18.8. The smallest absolute Gasteiger partial charge is 0.357 e. The van der Waals surface area contributed by atoms with E-state index in [1.165, 1.54) is 31.4 Å². The van der Waals surface area contributed by atoms with Crippen molar-refractivity contribution >= 4 is 58.5 Å². The molecule has 4 rings (SSSR count). The molecule has 0 radical (unpaired) electrons. The molecule has 2 aromatic carbocycles. The summed E-state index contributed by atoms with van der Waals surface area (Å²) in [5.41, 5.74) is 1.67. The molecule has 10 heteroatoms. The van der Waals surface area contributed by atoms with Crippen LogP contribution in [0.4, 0.5) is 10.1 Å². The fourth-order valence-corrected chi connectivity index (χ4v) is 4.90. The number of hydrogen-bond donors (Lipinski definition) is 2. The van der Waals surface area contributed by atoms with Crippen molar-refractivity contribution in [3.63, 3.8) is 0 Å². The Morgan fingerprint density at radius 1 is 1.27 bits per heavy atom. The van der Waals surface area contributed by atoms with E-state index in [0.717, 1.165) is 21.5 Å². The normalized spacial score (nSPS) is 14.6. The van der Waals surface area contributed by atoms with Crippen LogP contribution in [0, 0.1) is 9.77 Å². The average Bonchev–Trinajstić information content (AvgIpc) is 3.28. The molecule has 1 atom stereocenters. The van der Waals surface area contributed by atoms with Gasteiger partial charge >= 0.3 is 11.9 Å². The third kappa shape index (κ3) is 4.35. The summed E-state index contributed by atoms with van der Waals surface area (Å²) in [6.07, 6.45) is 1.54. The van der Waals surface area contributed by atoms with Crippen molar-refractivity contribution in [2.45, 2.75) is 12.5 Å². The molecule has 1 aliphatic rings. The van der Waals surface area contributed by atoms with E-state index in [9.17, 15) is 24.2 Å². The highest BCUT2D eigenvalue weighted by atomic mass is 32.1. The number of aromatic nitrogens is 1. The fourth-order valence-electron chi connectivity index (χ4n) is 3.55. The summed E-state index contributed by atoms with van der Waals surface area (Å²) in [4.78, 5) is 28.7. The number of esters is 1. The molecular formula is C23H17FN2O5S2. The monoisotopic (exact) mass is 484 g/mol. The predicted octanol–water partition coefficient (Wildman–Crippen LogP) is 4.79. The van der Waals surface area contributed by atoms with Crippen molar-refractivity contribution < 1.29 is 28.9 Å². The number of aliphatic carboxylic acids is 1. The van der Waals surface area contributed by atoms with Crippen molar-refractivity contribution in [3.05, 3.63) is 74.3 Å². The Morgan fingerprint density at radius 3 is 2.67 bits per heavy atom. The number of carboxylic acids is 1. The summed E-state index contributed by atoms with van der Waals surface area (Å²) in [5.74, 6) is -2.78. The summed E-state index contributed by atoms with van der Waals surface area (Å²) in [6.45, 7) is 0. The van der Waals surface area contributed by atoms with Gasteiger partial charge in [0.2, 0.25) is 5.88 Å². The number of nitrogens with zero attached hydrogens (tertiary/aromatic N) is 2. The number of halogens is 1. The van der Waals surface area contributed by atoms with Crippen molar-refractivity contribution in [1.82, 2.24) is 4.57 Å². The van der Waals surface area contributed by atoms with Crippen molar-refractivity contribution in [3.8, 4) is 5.88 Å². The van der Waals surface area contributed by atoms with Crippen molar-refractivity contribution in [2.75, 3.05) is 7.11 Å². The van der Waals surface area contributed by atoms with Crippen LogP contribution in [0.25, 0.3) is 11.6 Å². The van der Waals surface area contributed by atoms with Gasteiger partial charge in [0.1, 0.15) is 11.9 Å². The third-order valence-corrected chi connectivity index (χ3v) is 6.44. The van der Waals surface area contributed by atoms with Gasteiger partial charge in [0.25, 0.3) is 0 Å².